The van der Waals surface area contributed by atoms with Gasteiger partial charge in [-0.1, -0.05) is 48.5 Å². The van der Waals surface area contributed by atoms with E-state index >= 15 is 0 Å². The monoisotopic (exact) mass is 576 g/mol. The highest BCUT2D eigenvalue weighted by Crippen LogP contribution is 2.40. The molecule has 3 aromatic carbocycles. The van der Waals surface area contributed by atoms with Crippen molar-refractivity contribution in [2.45, 2.75) is 56.7 Å². The Kier molecular flexibility index (Phi) is 9.25. The van der Waals surface area contributed by atoms with Crippen LogP contribution in [0.5, 0.6) is 5.75 Å². The van der Waals surface area contributed by atoms with E-state index in [2.05, 4.69) is 10.6 Å². The van der Waals surface area contributed by atoms with Crippen LogP contribution < -0.4 is 16.4 Å². The normalized spacial score (nSPS) is 17.5. The van der Waals surface area contributed by atoms with Crippen LogP contribution in [-0.2, 0) is 22.6 Å². The van der Waals surface area contributed by atoms with Crippen LogP contribution in [0.15, 0.2) is 72.8 Å². The number of anilines is 1. The maximum atomic E-state index is 13.8. The number of nitrogens with two attached hydrogens (primary N) is 1. The second-order valence-corrected chi connectivity index (χ2v) is 12.3. The van der Waals surface area contributed by atoms with Gasteiger partial charge in [0.1, 0.15) is 11.8 Å². The molecule has 10 heteroatoms. The van der Waals surface area contributed by atoms with Crippen LogP contribution >= 0.6 is 11.8 Å². The van der Waals surface area contributed by atoms with E-state index in [0.717, 1.165) is 11.1 Å². The smallest absolute Gasteiger partial charge is 0.254 e. The number of rotatable bonds is 9. The van der Waals surface area contributed by atoms with Crippen molar-refractivity contribution in [3.05, 3.63) is 95.1 Å². The lowest BCUT2D eigenvalue weighted by atomic mass is 9.96. The number of nitrogen functional groups attached to an aromatic ring is 1. The molecule has 3 aromatic rings. The molecule has 6 N–H and O–H groups in total. The number of aliphatic hydroxyl groups is 1. The van der Waals surface area contributed by atoms with Crippen molar-refractivity contribution in [3.63, 3.8) is 0 Å². The molecule has 3 unspecified atom stereocenters. The topological polar surface area (TPSA) is 145 Å². The van der Waals surface area contributed by atoms with Gasteiger partial charge in [-0.2, -0.15) is 0 Å². The largest absolute Gasteiger partial charge is 0.508 e. The van der Waals surface area contributed by atoms with Crippen LogP contribution in [0, 0.1) is 6.92 Å². The zero-order chi connectivity index (χ0) is 29.7. The van der Waals surface area contributed by atoms with Gasteiger partial charge in [-0.05, 0) is 62.6 Å². The molecule has 1 aliphatic heterocycles. The lowest BCUT2D eigenvalue weighted by Crippen LogP contribution is -2.58. The van der Waals surface area contributed by atoms with Crippen molar-refractivity contribution in [3.8, 4) is 5.75 Å². The first kappa shape index (κ1) is 30.0. The molecule has 1 saturated heterocycles. The average Bonchev–Trinajstić information content (AvgIpc) is 3.28. The first-order valence-corrected chi connectivity index (χ1v) is 14.3. The van der Waals surface area contributed by atoms with E-state index in [1.165, 1.54) is 22.7 Å². The minimum absolute atomic E-state index is 0.0296. The number of nitrogens with zero attached hydrogens (tertiary/aromatic N) is 1. The fraction of sp³-hybridized carbons (Fsp3) is 0.323. The molecule has 9 nitrogen and oxygen atoms in total. The number of thioether (sulfide) groups is 1. The van der Waals surface area contributed by atoms with E-state index in [1.54, 1.807) is 31.2 Å². The molecule has 0 radical (unpaired) electrons. The van der Waals surface area contributed by atoms with Crippen LogP contribution in [0.1, 0.15) is 40.9 Å². The molecule has 3 amide bonds. The van der Waals surface area contributed by atoms with Gasteiger partial charge in [0, 0.05) is 28.1 Å². The summed E-state index contributed by atoms with van der Waals surface area (Å²) in [6.07, 6.45) is -1.45. The summed E-state index contributed by atoms with van der Waals surface area (Å²) in [4.78, 5) is 41.9. The second kappa shape index (κ2) is 12.7. The third-order valence-corrected chi connectivity index (χ3v) is 8.70. The van der Waals surface area contributed by atoms with Gasteiger partial charge in [-0.15, -0.1) is 11.8 Å². The molecule has 0 bridgehead atoms. The standard InChI is InChI=1S/C31H36N4O5S/c1-19-23(10-7-11-25(19)36)28(38)34-24(16-20-8-5-4-6-9-20)26(37)30(40)35-18-41-31(2,3)27(35)29(39)33-17-21-12-14-22(32)15-13-21/h4-15,24,26-27,36-37H,16-18,32H2,1-3H3,(H,33,39)(H,34,38). The molecule has 0 aliphatic carbocycles. The van der Waals surface area contributed by atoms with Crippen LogP contribution in [-0.4, -0.2) is 61.6 Å². The minimum atomic E-state index is -1.63. The molecule has 4 rings (SSSR count). The van der Waals surface area contributed by atoms with Crippen LogP contribution in [0.4, 0.5) is 5.69 Å². The molecule has 41 heavy (non-hydrogen) atoms. The summed E-state index contributed by atoms with van der Waals surface area (Å²) in [6, 6.07) is 19.1. The van der Waals surface area contributed by atoms with Crippen molar-refractivity contribution < 1.29 is 24.6 Å². The highest BCUT2D eigenvalue weighted by molar-refractivity contribution is 8.00. The van der Waals surface area contributed by atoms with E-state index < -0.39 is 34.7 Å². The Labute approximate surface area is 244 Å². The Hall–Kier alpha value is -4.02. The molecule has 1 fully saturated rings. The minimum Gasteiger partial charge on any atom is -0.508 e. The van der Waals surface area contributed by atoms with Crippen molar-refractivity contribution in [2.75, 3.05) is 11.6 Å². The number of hydrogen-bond acceptors (Lipinski definition) is 7. The van der Waals surface area contributed by atoms with Crippen molar-refractivity contribution in [1.29, 1.82) is 0 Å². The summed E-state index contributed by atoms with van der Waals surface area (Å²) in [5, 5.41) is 27.2. The van der Waals surface area contributed by atoms with Crippen molar-refractivity contribution in [2.24, 2.45) is 0 Å². The van der Waals surface area contributed by atoms with E-state index in [4.69, 9.17) is 5.73 Å². The maximum absolute atomic E-state index is 13.8. The summed E-state index contributed by atoms with van der Waals surface area (Å²) in [6.45, 7) is 5.66. The van der Waals surface area contributed by atoms with Crippen molar-refractivity contribution in [1.82, 2.24) is 15.5 Å². The third-order valence-electron chi connectivity index (χ3n) is 7.32. The van der Waals surface area contributed by atoms with E-state index in [0.29, 0.717) is 11.3 Å². The number of aromatic hydroxyl groups is 1. The SMILES string of the molecule is Cc1c(O)cccc1C(=O)NC(Cc1ccccc1)C(O)C(=O)N1CSC(C)(C)C1C(=O)NCc1ccc(N)cc1. The summed E-state index contributed by atoms with van der Waals surface area (Å²) < 4.78 is -0.614. The Morgan fingerprint density at radius 1 is 1.02 bits per heavy atom. The number of benzene rings is 3. The Balaban J connectivity index is 1.55. The van der Waals surface area contributed by atoms with Crippen LogP contribution in [0.2, 0.25) is 0 Å². The Morgan fingerprint density at radius 3 is 2.39 bits per heavy atom. The molecular weight excluding hydrogens is 540 g/mol. The Morgan fingerprint density at radius 2 is 1.71 bits per heavy atom. The highest BCUT2D eigenvalue weighted by Gasteiger charge is 2.49. The van der Waals surface area contributed by atoms with E-state index in [1.807, 2.05) is 56.3 Å². The molecule has 3 atom stereocenters. The molecular formula is C31H36N4O5S. The molecule has 1 heterocycles. The maximum Gasteiger partial charge on any atom is 0.254 e. The Bertz CT molecular complexity index is 1400. The van der Waals surface area contributed by atoms with Gasteiger partial charge in [-0.3, -0.25) is 14.4 Å². The zero-order valence-corrected chi connectivity index (χ0v) is 24.2. The number of phenols is 1. The number of aliphatic hydroxyl groups excluding tert-OH is 1. The number of amides is 3. The van der Waals surface area contributed by atoms with E-state index in [9.17, 15) is 24.6 Å². The lowest BCUT2D eigenvalue weighted by Gasteiger charge is -2.33. The molecule has 0 aromatic heterocycles. The third kappa shape index (κ3) is 7.01. The first-order chi connectivity index (χ1) is 19.5. The van der Waals surface area contributed by atoms with Gasteiger partial charge in [0.25, 0.3) is 11.8 Å². The van der Waals surface area contributed by atoms with Gasteiger partial charge >= 0.3 is 0 Å². The van der Waals surface area contributed by atoms with Crippen LogP contribution in [0.25, 0.3) is 0 Å². The molecule has 0 saturated carbocycles. The zero-order valence-electron chi connectivity index (χ0n) is 23.3. The summed E-state index contributed by atoms with van der Waals surface area (Å²) in [7, 11) is 0. The van der Waals surface area contributed by atoms with E-state index in [-0.39, 0.29) is 36.1 Å². The second-order valence-electron chi connectivity index (χ2n) is 10.7. The highest BCUT2D eigenvalue weighted by atomic mass is 32.2. The number of hydrogen-bond donors (Lipinski definition) is 5. The predicted octanol–water partition coefficient (Wildman–Crippen LogP) is 2.98. The number of carbonyl (C=O) groups excluding carboxylic acids is 3. The molecule has 0 spiro atoms. The van der Waals surface area contributed by atoms with Gasteiger partial charge in [0.2, 0.25) is 5.91 Å². The molecule has 1 aliphatic rings. The van der Waals surface area contributed by atoms with Crippen LogP contribution in [0.3, 0.4) is 0 Å². The number of phenolic OH excluding ortho intramolecular Hbond substituents is 1. The fourth-order valence-electron chi connectivity index (χ4n) is 4.90. The average molecular weight is 577 g/mol. The lowest BCUT2D eigenvalue weighted by molar-refractivity contribution is -0.147. The number of nitrogens with one attached hydrogen (secondary N) is 2. The van der Waals surface area contributed by atoms with Gasteiger partial charge in [0.15, 0.2) is 6.10 Å². The summed E-state index contributed by atoms with van der Waals surface area (Å²) in [5.41, 5.74) is 8.67. The quantitative estimate of drug-likeness (QED) is 0.246. The number of carbonyl (C=O) groups is 3. The van der Waals surface area contributed by atoms with Gasteiger partial charge < -0.3 is 31.5 Å². The van der Waals surface area contributed by atoms with Crippen molar-refractivity contribution >= 4 is 35.2 Å². The van der Waals surface area contributed by atoms with Gasteiger partial charge in [0.05, 0.1) is 11.9 Å². The van der Waals surface area contributed by atoms with Gasteiger partial charge in [-0.25, -0.2) is 0 Å². The first-order valence-electron chi connectivity index (χ1n) is 13.4. The summed E-state index contributed by atoms with van der Waals surface area (Å²) >= 11 is 1.44. The predicted molar refractivity (Wildman–Crippen MR) is 160 cm³/mol. The fourth-order valence-corrected chi connectivity index (χ4v) is 6.04. The summed E-state index contributed by atoms with van der Waals surface area (Å²) in [5.74, 6) is -1.33. The molecule has 216 valence electrons.